The maximum Gasteiger partial charge on any atom is 0.250 e. The van der Waals surface area contributed by atoms with Crippen LogP contribution < -0.4 is 20.4 Å². The minimum absolute atomic E-state index is 0.00129. The van der Waals surface area contributed by atoms with Gasteiger partial charge >= 0.3 is 0 Å². The molecule has 3 aromatic rings. The fourth-order valence-corrected chi connectivity index (χ4v) is 4.45. The van der Waals surface area contributed by atoms with E-state index in [0.29, 0.717) is 16.4 Å². The van der Waals surface area contributed by atoms with E-state index in [4.69, 9.17) is 23.8 Å². The molecule has 0 aromatic heterocycles. The second-order valence-electron chi connectivity index (χ2n) is 8.25. The molecule has 1 amide bonds. The van der Waals surface area contributed by atoms with Crippen molar-refractivity contribution in [3.05, 3.63) is 94.3 Å². The number of piperazine rings is 1. The monoisotopic (exact) mass is 566 g/mol. The first kappa shape index (κ1) is 27.3. The van der Waals surface area contributed by atoms with Crippen LogP contribution in [0.3, 0.4) is 0 Å². The number of anilines is 3. The highest BCUT2D eigenvalue weighted by atomic mass is 35.5. The van der Waals surface area contributed by atoms with Gasteiger partial charge in [-0.1, -0.05) is 41.9 Å². The Morgan fingerprint density at radius 3 is 2.03 bits per heavy atom. The topological polar surface area (TPSA) is 47.6 Å². The van der Waals surface area contributed by atoms with Gasteiger partial charge in [0.1, 0.15) is 5.69 Å². The number of carbonyl (C=O) groups is 1. The summed E-state index contributed by atoms with van der Waals surface area (Å²) in [4.78, 5) is 15.0. The summed E-state index contributed by atoms with van der Waals surface area (Å²) in [5.74, 6) is -10.3. The number of halogens is 6. The van der Waals surface area contributed by atoms with Crippen LogP contribution in [-0.4, -0.2) is 37.2 Å². The van der Waals surface area contributed by atoms with Gasteiger partial charge in [-0.3, -0.25) is 10.1 Å². The second-order valence-corrected chi connectivity index (χ2v) is 9.06. The van der Waals surface area contributed by atoms with Gasteiger partial charge in [0.05, 0.1) is 10.7 Å². The zero-order valence-electron chi connectivity index (χ0n) is 19.6. The molecule has 0 atom stereocenters. The standard InChI is InChI=1S/C26H20ClF5N4OS/c27-17-14-16(33-26(38)34-19(37)9-6-15-4-2-1-3-5-15)7-8-18(17)35-10-12-36(13-11-35)25-23(31)21(29)20(28)22(30)24(25)32/h1-9,14H,10-13H2,(H2,33,34,37,38). The molecular weight excluding hydrogens is 547 g/mol. The minimum atomic E-state index is -2.19. The average molecular weight is 567 g/mol. The number of hydrogen-bond acceptors (Lipinski definition) is 4. The number of amides is 1. The predicted octanol–water partition coefficient (Wildman–Crippen LogP) is 5.89. The van der Waals surface area contributed by atoms with Gasteiger partial charge in [0.15, 0.2) is 28.4 Å². The Balaban J connectivity index is 1.35. The molecule has 1 fully saturated rings. The maximum atomic E-state index is 14.2. The lowest BCUT2D eigenvalue weighted by atomic mass is 10.2. The molecule has 0 radical (unpaired) electrons. The molecule has 5 nitrogen and oxygen atoms in total. The number of thiocarbonyl (C=S) groups is 1. The molecule has 1 heterocycles. The van der Waals surface area contributed by atoms with Crippen molar-refractivity contribution < 1.29 is 26.7 Å². The first-order chi connectivity index (χ1) is 18.2. The van der Waals surface area contributed by atoms with Crippen LogP contribution in [-0.2, 0) is 4.79 Å². The zero-order valence-corrected chi connectivity index (χ0v) is 21.2. The predicted molar refractivity (Wildman–Crippen MR) is 142 cm³/mol. The highest BCUT2D eigenvalue weighted by Gasteiger charge is 2.31. The Morgan fingerprint density at radius 1 is 0.842 bits per heavy atom. The SMILES string of the molecule is O=C(C=Cc1ccccc1)NC(=S)Nc1ccc(N2CCN(c3c(F)c(F)c(F)c(F)c3F)CC2)c(Cl)c1. The third kappa shape index (κ3) is 6.05. The van der Waals surface area contributed by atoms with Gasteiger partial charge in [-0.25, -0.2) is 22.0 Å². The van der Waals surface area contributed by atoms with Crippen molar-refractivity contribution in [1.29, 1.82) is 0 Å². The lowest BCUT2D eigenvalue weighted by Gasteiger charge is -2.38. The summed E-state index contributed by atoms with van der Waals surface area (Å²) in [6.45, 7) is 0.436. The van der Waals surface area contributed by atoms with Crippen LogP contribution in [0.2, 0.25) is 5.02 Å². The van der Waals surface area contributed by atoms with Crippen molar-refractivity contribution in [3.8, 4) is 0 Å². The third-order valence-corrected chi connectivity index (χ3v) is 6.30. The molecule has 0 aliphatic carbocycles. The van der Waals surface area contributed by atoms with Gasteiger partial charge in [-0.05, 0) is 42.1 Å². The van der Waals surface area contributed by atoms with Crippen LogP contribution in [0.5, 0.6) is 0 Å². The number of nitrogens with zero attached hydrogens (tertiary/aromatic N) is 2. The normalized spacial score (nSPS) is 13.6. The number of hydrogen-bond donors (Lipinski definition) is 2. The summed E-state index contributed by atoms with van der Waals surface area (Å²) in [6, 6.07) is 14.2. The smallest absolute Gasteiger partial charge is 0.250 e. The first-order valence-corrected chi connectivity index (χ1v) is 12.1. The molecule has 0 unspecified atom stereocenters. The molecule has 1 aliphatic rings. The Bertz CT molecular complexity index is 1370. The van der Waals surface area contributed by atoms with E-state index in [0.717, 1.165) is 10.5 Å². The van der Waals surface area contributed by atoms with Crippen molar-refractivity contribution in [2.24, 2.45) is 0 Å². The molecule has 1 aliphatic heterocycles. The molecule has 1 saturated heterocycles. The molecule has 0 bridgehead atoms. The van der Waals surface area contributed by atoms with Crippen molar-refractivity contribution >= 4 is 58.0 Å². The summed E-state index contributed by atoms with van der Waals surface area (Å²) in [6.07, 6.45) is 3.00. The van der Waals surface area contributed by atoms with Gasteiger partial charge in [0, 0.05) is 37.9 Å². The van der Waals surface area contributed by atoms with E-state index in [1.54, 1.807) is 24.3 Å². The summed E-state index contributed by atoms with van der Waals surface area (Å²) >= 11 is 11.6. The largest absolute Gasteiger partial charge is 0.367 e. The van der Waals surface area contributed by atoms with Crippen LogP contribution in [0.15, 0.2) is 54.6 Å². The lowest BCUT2D eigenvalue weighted by Crippen LogP contribution is -2.47. The Labute approximate surface area is 225 Å². The third-order valence-electron chi connectivity index (χ3n) is 5.79. The van der Waals surface area contributed by atoms with Gasteiger partial charge in [-0.2, -0.15) is 0 Å². The van der Waals surface area contributed by atoms with Crippen LogP contribution in [0.1, 0.15) is 5.56 Å². The Morgan fingerprint density at radius 2 is 1.42 bits per heavy atom. The van der Waals surface area contributed by atoms with E-state index in [9.17, 15) is 26.7 Å². The minimum Gasteiger partial charge on any atom is -0.367 e. The van der Waals surface area contributed by atoms with Gasteiger partial charge in [0.25, 0.3) is 0 Å². The van der Waals surface area contributed by atoms with Crippen LogP contribution >= 0.6 is 23.8 Å². The van der Waals surface area contributed by atoms with Crippen molar-refractivity contribution in [2.75, 3.05) is 41.3 Å². The van der Waals surface area contributed by atoms with Gasteiger partial charge in [-0.15, -0.1) is 0 Å². The lowest BCUT2D eigenvalue weighted by molar-refractivity contribution is -0.115. The number of rotatable bonds is 5. The summed E-state index contributed by atoms with van der Waals surface area (Å²) in [7, 11) is 0. The molecule has 0 spiro atoms. The van der Waals surface area contributed by atoms with E-state index < -0.39 is 40.7 Å². The Kier molecular flexibility index (Phi) is 8.48. The molecule has 2 N–H and O–H groups in total. The summed E-state index contributed by atoms with van der Waals surface area (Å²) in [5, 5.41) is 5.80. The molecule has 38 heavy (non-hydrogen) atoms. The molecule has 12 heteroatoms. The van der Waals surface area contributed by atoms with Crippen molar-refractivity contribution in [1.82, 2.24) is 5.32 Å². The van der Waals surface area contributed by atoms with Crippen LogP contribution in [0.25, 0.3) is 6.08 Å². The average Bonchev–Trinajstić information content (AvgIpc) is 2.91. The molecule has 198 valence electrons. The Hall–Kier alpha value is -3.70. The number of benzene rings is 3. The number of carbonyl (C=O) groups excluding carboxylic acids is 1. The van der Waals surface area contributed by atoms with E-state index in [-0.39, 0.29) is 31.3 Å². The van der Waals surface area contributed by atoms with Gasteiger partial charge < -0.3 is 15.1 Å². The molecular formula is C26H20ClF5N4OS. The van der Waals surface area contributed by atoms with Crippen molar-refractivity contribution in [3.63, 3.8) is 0 Å². The fraction of sp³-hybridized carbons (Fsp3) is 0.154. The quantitative estimate of drug-likeness (QED) is 0.133. The summed E-state index contributed by atoms with van der Waals surface area (Å²) in [5.41, 5.74) is 1.03. The fourth-order valence-electron chi connectivity index (χ4n) is 3.93. The highest BCUT2D eigenvalue weighted by Crippen LogP contribution is 2.33. The highest BCUT2D eigenvalue weighted by molar-refractivity contribution is 7.80. The second kappa shape index (κ2) is 11.8. The number of nitrogens with one attached hydrogen (secondary N) is 2. The first-order valence-electron chi connectivity index (χ1n) is 11.3. The van der Waals surface area contributed by atoms with E-state index >= 15 is 0 Å². The van der Waals surface area contributed by atoms with E-state index in [1.165, 1.54) is 6.08 Å². The molecule has 0 saturated carbocycles. The molecule has 3 aromatic carbocycles. The van der Waals surface area contributed by atoms with Crippen molar-refractivity contribution in [2.45, 2.75) is 0 Å². The van der Waals surface area contributed by atoms with Crippen LogP contribution in [0.4, 0.5) is 39.0 Å². The zero-order chi connectivity index (χ0) is 27.4. The maximum absolute atomic E-state index is 14.2. The van der Waals surface area contributed by atoms with Crippen LogP contribution in [0, 0.1) is 29.1 Å². The van der Waals surface area contributed by atoms with E-state index in [1.807, 2.05) is 35.2 Å². The summed E-state index contributed by atoms with van der Waals surface area (Å²) < 4.78 is 68.9. The van der Waals surface area contributed by atoms with E-state index in [2.05, 4.69) is 10.6 Å². The van der Waals surface area contributed by atoms with Gasteiger partial charge in [0.2, 0.25) is 11.7 Å². The molecule has 4 rings (SSSR count).